The van der Waals surface area contributed by atoms with Gasteiger partial charge in [0.2, 0.25) is 17.6 Å². The van der Waals surface area contributed by atoms with Crippen LogP contribution in [-0.4, -0.2) is 27.1 Å². The number of hydrogen-bond donors (Lipinski definition) is 2. The number of hydrogen-bond acceptors (Lipinski definition) is 6. The Morgan fingerprint density at radius 1 is 1.26 bits per heavy atom. The van der Waals surface area contributed by atoms with Gasteiger partial charge in [0.05, 0.1) is 10.8 Å². The van der Waals surface area contributed by atoms with Crippen molar-refractivity contribution in [3.63, 3.8) is 0 Å². The number of rotatable bonds is 8. The molecule has 0 bridgehead atoms. The van der Waals surface area contributed by atoms with Crippen LogP contribution >= 0.6 is 11.3 Å². The molecule has 2 N–H and O–H groups in total. The molecule has 0 aliphatic rings. The minimum Gasteiger partial charge on any atom is -0.481 e. The summed E-state index contributed by atoms with van der Waals surface area (Å²) in [7, 11) is 0. The van der Waals surface area contributed by atoms with Crippen LogP contribution in [0.1, 0.15) is 24.8 Å². The number of nitrogens with one attached hydrogen (secondary N) is 1. The molecule has 27 heavy (non-hydrogen) atoms. The predicted molar refractivity (Wildman–Crippen MR) is 102 cm³/mol. The lowest BCUT2D eigenvalue weighted by Crippen LogP contribution is -2.13. The summed E-state index contributed by atoms with van der Waals surface area (Å²) in [6.45, 7) is 1.67. The Kier molecular flexibility index (Phi) is 5.97. The molecule has 0 saturated heterocycles. The van der Waals surface area contributed by atoms with Crippen LogP contribution in [0.5, 0.6) is 0 Å². The topological polar surface area (TPSA) is 105 Å². The number of aromatic nitrogens is 2. The van der Waals surface area contributed by atoms with Gasteiger partial charge in [0.1, 0.15) is 0 Å². The van der Waals surface area contributed by atoms with E-state index < -0.39 is 11.9 Å². The number of anilines is 1. The van der Waals surface area contributed by atoms with Crippen LogP contribution in [0.15, 0.2) is 46.3 Å². The van der Waals surface area contributed by atoms with E-state index in [9.17, 15) is 9.59 Å². The number of amides is 1. The Balaban J connectivity index is 1.48. The van der Waals surface area contributed by atoms with Crippen LogP contribution in [0, 0.1) is 5.92 Å². The normalized spacial score (nSPS) is 11.9. The highest BCUT2D eigenvalue weighted by molar-refractivity contribution is 7.13. The molecule has 0 aliphatic heterocycles. The number of carboxylic acid groups (broad SMARTS) is 1. The van der Waals surface area contributed by atoms with Gasteiger partial charge in [-0.2, -0.15) is 4.98 Å². The smallest absolute Gasteiger partial charge is 0.306 e. The monoisotopic (exact) mass is 385 g/mol. The second kappa shape index (κ2) is 8.59. The first-order valence-corrected chi connectivity index (χ1v) is 9.37. The second-order valence-electron chi connectivity index (χ2n) is 6.18. The summed E-state index contributed by atoms with van der Waals surface area (Å²) >= 11 is 1.52. The van der Waals surface area contributed by atoms with Gasteiger partial charge in [-0.25, -0.2) is 0 Å². The predicted octanol–water partition coefficient (Wildman–Crippen LogP) is 3.63. The Morgan fingerprint density at radius 3 is 2.70 bits per heavy atom. The molecule has 0 aliphatic carbocycles. The summed E-state index contributed by atoms with van der Waals surface area (Å²) in [5, 5.41) is 17.6. The van der Waals surface area contributed by atoms with Crippen LogP contribution in [0.2, 0.25) is 0 Å². The molecule has 7 nitrogen and oxygen atoms in total. The van der Waals surface area contributed by atoms with E-state index in [0.29, 0.717) is 30.2 Å². The third kappa shape index (κ3) is 5.24. The average molecular weight is 385 g/mol. The quantitative estimate of drug-likeness (QED) is 0.613. The molecule has 2 aromatic heterocycles. The number of aliphatic carboxylic acids is 1. The molecule has 1 amide bonds. The third-order valence-corrected chi connectivity index (χ3v) is 4.84. The van der Waals surface area contributed by atoms with Gasteiger partial charge in [-0.3, -0.25) is 9.59 Å². The molecule has 0 radical (unpaired) electrons. The fraction of sp³-hybridized carbons (Fsp3) is 0.263. The standard InChI is InChI=1S/C19H19N3O4S/c1-12(19(24)25)11-13-4-6-14(7-5-13)20-16(23)8-9-17-21-18(22-26-17)15-3-2-10-27-15/h2-7,10,12H,8-9,11H2,1H3,(H,20,23)(H,24,25). The molecule has 140 valence electrons. The van der Waals surface area contributed by atoms with Crippen molar-refractivity contribution >= 4 is 28.9 Å². The zero-order chi connectivity index (χ0) is 19.2. The van der Waals surface area contributed by atoms with Crippen molar-refractivity contribution < 1.29 is 19.2 Å². The second-order valence-corrected chi connectivity index (χ2v) is 7.13. The molecular weight excluding hydrogens is 366 g/mol. The fourth-order valence-electron chi connectivity index (χ4n) is 2.47. The van der Waals surface area contributed by atoms with Crippen molar-refractivity contribution in [3.8, 4) is 10.7 Å². The summed E-state index contributed by atoms with van der Waals surface area (Å²) in [4.78, 5) is 28.2. The molecule has 3 aromatic rings. The first-order chi connectivity index (χ1) is 13.0. The Labute approximate surface area is 160 Å². The first-order valence-electron chi connectivity index (χ1n) is 8.49. The van der Waals surface area contributed by atoms with E-state index in [0.717, 1.165) is 10.4 Å². The van der Waals surface area contributed by atoms with Gasteiger partial charge in [0.25, 0.3) is 0 Å². The van der Waals surface area contributed by atoms with E-state index in [1.165, 1.54) is 11.3 Å². The van der Waals surface area contributed by atoms with Crippen LogP contribution < -0.4 is 5.32 Å². The maximum atomic E-state index is 12.1. The van der Waals surface area contributed by atoms with Gasteiger partial charge in [-0.1, -0.05) is 30.3 Å². The van der Waals surface area contributed by atoms with E-state index in [1.807, 2.05) is 29.6 Å². The van der Waals surface area contributed by atoms with Crippen molar-refractivity contribution in [2.24, 2.45) is 5.92 Å². The Hall–Kier alpha value is -3.00. The van der Waals surface area contributed by atoms with E-state index in [-0.39, 0.29) is 12.3 Å². The number of nitrogens with zero attached hydrogens (tertiary/aromatic N) is 2. The molecular formula is C19H19N3O4S. The third-order valence-electron chi connectivity index (χ3n) is 3.98. The van der Waals surface area contributed by atoms with Crippen LogP contribution in [0.3, 0.4) is 0 Å². The van der Waals surface area contributed by atoms with Crippen molar-refractivity contribution in [2.45, 2.75) is 26.2 Å². The summed E-state index contributed by atoms with van der Waals surface area (Å²) in [5.74, 6) is -0.467. The molecule has 3 rings (SSSR count). The van der Waals surface area contributed by atoms with E-state index in [1.54, 1.807) is 19.1 Å². The van der Waals surface area contributed by atoms with E-state index in [4.69, 9.17) is 9.63 Å². The number of carbonyl (C=O) groups is 2. The van der Waals surface area contributed by atoms with Gasteiger partial charge in [0.15, 0.2) is 0 Å². The zero-order valence-corrected chi connectivity index (χ0v) is 15.5. The maximum Gasteiger partial charge on any atom is 0.306 e. The van der Waals surface area contributed by atoms with Gasteiger partial charge < -0.3 is 14.9 Å². The Bertz CT molecular complexity index is 903. The maximum absolute atomic E-state index is 12.1. The van der Waals surface area contributed by atoms with Crippen molar-refractivity contribution in [2.75, 3.05) is 5.32 Å². The van der Waals surface area contributed by atoms with Crippen LogP contribution in [0.4, 0.5) is 5.69 Å². The molecule has 0 spiro atoms. The summed E-state index contributed by atoms with van der Waals surface area (Å²) in [6, 6.07) is 11.0. The lowest BCUT2D eigenvalue weighted by atomic mass is 10.0. The minimum atomic E-state index is -0.823. The van der Waals surface area contributed by atoms with Crippen LogP contribution in [-0.2, 0) is 22.4 Å². The molecule has 1 aromatic carbocycles. The van der Waals surface area contributed by atoms with E-state index >= 15 is 0 Å². The molecule has 1 atom stereocenters. The largest absolute Gasteiger partial charge is 0.481 e. The zero-order valence-electron chi connectivity index (χ0n) is 14.7. The number of carbonyl (C=O) groups excluding carboxylic acids is 1. The molecule has 8 heteroatoms. The number of thiophene rings is 1. The van der Waals surface area contributed by atoms with Crippen LogP contribution in [0.25, 0.3) is 10.7 Å². The summed E-state index contributed by atoms with van der Waals surface area (Å²) in [6.07, 6.45) is 1.04. The molecule has 1 unspecified atom stereocenters. The van der Waals surface area contributed by atoms with Crippen molar-refractivity contribution in [1.29, 1.82) is 0 Å². The lowest BCUT2D eigenvalue weighted by molar-refractivity contribution is -0.141. The van der Waals surface area contributed by atoms with Gasteiger partial charge in [0, 0.05) is 18.5 Å². The number of carboxylic acids is 1. The Morgan fingerprint density at radius 2 is 2.04 bits per heavy atom. The molecule has 2 heterocycles. The number of benzene rings is 1. The highest BCUT2D eigenvalue weighted by atomic mass is 32.1. The minimum absolute atomic E-state index is 0.155. The molecule has 0 fully saturated rings. The highest BCUT2D eigenvalue weighted by Gasteiger charge is 2.13. The van der Waals surface area contributed by atoms with Crippen molar-refractivity contribution in [3.05, 3.63) is 53.2 Å². The van der Waals surface area contributed by atoms with Crippen molar-refractivity contribution in [1.82, 2.24) is 10.1 Å². The van der Waals surface area contributed by atoms with Gasteiger partial charge >= 0.3 is 5.97 Å². The SMILES string of the molecule is CC(Cc1ccc(NC(=O)CCc2nc(-c3cccs3)no2)cc1)C(=O)O. The van der Waals surface area contributed by atoms with Gasteiger partial charge in [-0.15, -0.1) is 11.3 Å². The van der Waals surface area contributed by atoms with Gasteiger partial charge in [-0.05, 0) is 35.6 Å². The average Bonchev–Trinajstić information content (AvgIpc) is 3.33. The molecule has 0 saturated carbocycles. The lowest BCUT2D eigenvalue weighted by Gasteiger charge is -2.08. The highest BCUT2D eigenvalue weighted by Crippen LogP contribution is 2.21. The number of aryl methyl sites for hydroxylation is 1. The first kappa shape index (κ1) is 18.8. The summed E-state index contributed by atoms with van der Waals surface area (Å²) in [5.41, 5.74) is 1.58. The fourth-order valence-corrected chi connectivity index (χ4v) is 3.12. The summed E-state index contributed by atoms with van der Waals surface area (Å²) < 4.78 is 5.18. The van der Waals surface area contributed by atoms with E-state index in [2.05, 4.69) is 15.5 Å².